The highest BCUT2D eigenvalue weighted by Gasteiger charge is 2.48. The normalized spacial score (nSPS) is 21.8. The van der Waals surface area contributed by atoms with Gasteiger partial charge in [-0.25, -0.2) is 9.37 Å². The first-order chi connectivity index (χ1) is 16.2. The average Bonchev–Trinajstić information content (AvgIpc) is 3.61. The number of carbonyl (C=O) groups is 1. The van der Waals surface area contributed by atoms with Crippen LogP contribution in [0.1, 0.15) is 31.2 Å². The van der Waals surface area contributed by atoms with E-state index >= 15 is 0 Å². The number of hydrogen-bond acceptors (Lipinski definition) is 4. The number of hydrogen-bond donors (Lipinski definition) is 1. The third-order valence-electron chi connectivity index (χ3n) is 7.23. The van der Waals surface area contributed by atoms with Crippen LogP contribution in [-0.2, 0) is 17.8 Å². The Labute approximate surface area is 190 Å². The second kappa shape index (κ2) is 8.10. The van der Waals surface area contributed by atoms with Gasteiger partial charge in [0.1, 0.15) is 11.5 Å². The summed E-state index contributed by atoms with van der Waals surface area (Å²) in [6.07, 6.45) is 7.79. The molecule has 3 unspecified atom stereocenters. The lowest BCUT2D eigenvalue weighted by atomic mass is 9.89. The Balaban J connectivity index is 1.15. The predicted molar refractivity (Wildman–Crippen MR) is 122 cm³/mol. The van der Waals surface area contributed by atoms with Gasteiger partial charge in [0.15, 0.2) is 0 Å². The summed E-state index contributed by atoms with van der Waals surface area (Å²) in [4.78, 5) is 19.8. The number of carbonyl (C=O) groups excluding carboxylic acids is 1. The molecule has 2 aromatic heterocycles. The number of amides is 1. The van der Waals surface area contributed by atoms with Gasteiger partial charge in [-0.2, -0.15) is 15.4 Å². The fourth-order valence-corrected chi connectivity index (χ4v) is 5.73. The van der Waals surface area contributed by atoms with Crippen LogP contribution in [0.15, 0.2) is 55.0 Å². The van der Waals surface area contributed by atoms with Crippen LogP contribution in [-0.4, -0.2) is 47.9 Å². The zero-order chi connectivity index (χ0) is 22.4. The van der Waals surface area contributed by atoms with Crippen molar-refractivity contribution in [1.82, 2.24) is 29.9 Å². The van der Waals surface area contributed by atoms with Gasteiger partial charge in [-0.1, -0.05) is 18.2 Å². The molecule has 0 radical (unpaired) electrons. The Morgan fingerprint density at radius 2 is 2.12 bits per heavy atom. The highest BCUT2D eigenvalue weighted by atomic mass is 19.1. The van der Waals surface area contributed by atoms with Crippen molar-refractivity contribution in [2.75, 3.05) is 0 Å². The van der Waals surface area contributed by atoms with Crippen LogP contribution in [0.5, 0.6) is 0 Å². The summed E-state index contributed by atoms with van der Waals surface area (Å²) in [6.45, 7) is 0.856. The maximum Gasteiger partial charge on any atom is 0.223 e. The van der Waals surface area contributed by atoms with Gasteiger partial charge < -0.3 is 9.47 Å². The van der Waals surface area contributed by atoms with Crippen LogP contribution in [0.4, 0.5) is 4.39 Å². The number of fused-ring (bicyclic) bond motifs is 3. The minimum atomic E-state index is -0.248. The molecule has 4 heterocycles. The highest BCUT2D eigenvalue weighted by molar-refractivity contribution is 5.81. The van der Waals surface area contributed by atoms with E-state index in [1.165, 1.54) is 12.1 Å². The Kier molecular flexibility index (Phi) is 4.93. The Bertz CT molecular complexity index is 1300. The van der Waals surface area contributed by atoms with Gasteiger partial charge in [0.05, 0.1) is 23.6 Å². The molecule has 0 spiro atoms. The Morgan fingerprint density at radius 3 is 2.97 bits per heavy atom. The number of H-pyrrole nitrogens is 1. The lowest BCUT2D eigenvalue weighted by Gasteiger charge is -2.25. The summed E-state index contributed by atoms with van der Waals surface area (Å²) < 4.78 is 15.7. The van der Waals surface area contributed by atoms with E-state index in [4.69, 9.17) is 0 Å². The van der Waals surface area contributed by atoms with Crippen LogP contribution in [0.2, 0.25) is 0 Å². The van der Waals surface area contributed by atoms with E-state index in [0.29, 0.717) is 24.8 Å². The second-order valence-corrected chi connectivity index (χ2v) is 9.18. The number of aromatic amines is 1. The van der Waals surface area contributed by atoms with Crippen molar-refractivity contribution in [3.63, 3.8) is 0 Å². The van der Waals surface area contributed by atoms with Crippen LogP contribution >= 0.6 is 0 Å². The zero-order valence-electron chi connectivity index (χ0n) is 18.2. The number of halogens is 1. The highest BCUT2D eigenvalue weighted by Crippen LogP contribution is 2.43. The minimum Gasteiger partial charge on any atom is -0.336 e. The zero-order valence-corrected chi connectivity index (χ0v) is 18.2. The molecule has 1 N–H and O–H groups in total. The quantitative estimate of drug-likeness (QED) is 0.488. The number of nitrogens with one attached hydrogen (secondary N) is 1. The summed E-state index contributed by atoms with van der Waals surface area (Å²) in [7, 11) is 0. The van der Waals surface area contributed by atoms with Gasteiger partial charge in [0.2, 0.25) is 5.91 Å². The lowest BCUT2D eigenvalue weighted by Crippen LogP contribution is -2.37. The summed E-state index contributed by atoms with van der Waals surface area (Å²) in [5, 5.41) is 10.7. The molecule has 2 bridgehead atoms. The van der Waals surface area contributed by atoms with Crippen molar-refractivity contribution in [3.8, 4) is 11.3 Å². The molecule has 8 heteroatoms. The molecule has 2 fully saturated rings. The topological polar surface area (TPSA) is 79.7 Å². The molecule has 0 saturated carbocycles. The van der Waals surface area contributed by atoms with E-state index in [1.54, 1.807) is 12.3 Å². The SMILES string of the molecule is O=C(CCc1cccc(F)c1)N1C2CCC1C(Cn1cnc3cc(-c4cn[nH]n4)ccc31)C2. The number of rotatable bonds is 6. The summed E-state index contributed by atoms with van der Waals surface area (Å²) in [6, 6.07) is 13.3. The smallest absolute Gasteiger partial charge is 0.223 e. The number of aryl methyl sites for hydroxylation is 1. The lowest BCUT2D eigenvalue weighted by molar-refractivity contribution is -0.132. The van der Waals surface area contributed by atoms with E-state index in [0.717, 1.165) is 53.7 Å². The third-order valence-corrected chi connectivity index (χ3v) is 7.23. The van der Waals surface area contributed by atoms with Crippen molar-refractivity contribution in [3.05, 3.63) is 66.4 Å². The molecule has 7 nitrogen and oxygen atoms in total. The van der Waals surface area contributed by atoms with Gasteiger partial charge in [-0.3, -0.25) is 4.79 Å². The van der Waals surface area contributed by atoms with E-state index in [9.17, 15) is 9.18 Å². The standard InChI is InChI=1S/C25H25FN6O/c26-19-3-1-2-16(10-19)4-9-25(33)32-20-6-8-23(32)18(11-20)14-31-15-27-21-12-17(5-7-24(21)31)22-13-28-30-29-22/h1-3,5,7,10,12-13,15,18,20,23H,4,6,8-9,11,14H2,(H,28,29,30). The second-order valence-electron chi connectivity index (χ2n) is 9.18. The van der Waals surface area contributed by atoms with E-state index in [2.05, 4.69) is 35.9 Å². The van der Waals surface area contributed by atoms with Gasteiger partial charge >= 0.3 is 0 Å². The molecular weight excluding hydrogens is 419 g/mol. The van der Waals surface area contributed by atoms with Gasteiger partial charge in [-0.15, -0.1) is 0 Å². The molecule has 2 aliphatic heterocycles. The number of aromatic nitrogens is 5. The molecule has 6 rings (SSSR count). The average molecular weight is 445 g/mol. The van der Waals surface area contributed by atoms with Crippen molar-refractivity contribution in [2.24, 2.45) is 5.92 Å². The van der Waals surface area contributed by atoms with Crippen LogP contribution in [0.3, 0.4) is 0 Å². The molecular formula is C25H25FN6O. The molecule has 0 aliphatic carbocycles. The molecule has 2 aliphatic rings. The van der Waals surface area contributed by atoms with Crippen LogP contribution < -0.4 is 0 Å². The Morgan fingerprint density at radius 1 is 1.18 bits per heavy atom. The number of imidazole rings is 1. The van der Waals surface area contributed by atoms with E-state index in [1.807, 2.05) is 24.5 Å². The van der Waals surface area contributed by atoms with Crippen molar-refractivity contribution < 1.29 is 9.18 Å². The molecule has 3 atom stereocenters. The van der Waals surface area contributed by atoms with Gasteiger partial charge in [0, 0.05) is 30.6 Å². The first kappa shape index (κ1) is 20.1. The maximum atomic E-state index is 13.5. The van der Waals surface area contributed by atoms with E-state index < -0.39 is 0 Å². The first-order valence-corrected chi connectivity index (χ1v) is 11.5. The maximum absolute atomic E-state index is 13.5. The molecule has 4 aromatic rings. The number of benzene rings is 2. The number of nitrogens with zero attached hydrogens (tertiary/aromatic N) is 5. The predicted octanol–water partition coefficient (Wildman–Crippen LogP) is 3.97. The molecule has 1 amide bonds. The minimum absolute atomic E-state index is 0.196. The molecule has 33 heavy (non-hydrogen) atoms. The van der Waals surface area contributed by atoms with Crippen molar-refractivity contribution >= 4 is 16.9 Å². The molecule has 2 saturated heterocycles. The van der Waals surface area contributed by atoms with E-state index in [-0.39, 0.29) is 17.8 Å². The fourth-order valence-electron chi connectivity index (χ4n) is 5.73. The third kappa shape index (κ3) is 3.69. The fraction of sp³-hybridized carbons (Fsp3) is 0.360. The first-order valence-electron chi connectivity index (χ1n) is 11.5. The largest absolute Gasteiger partial charge is 0.336 e. The molecule has 168 valence electrons. The monoisotopic (exact) mass is 444 g/mol. The van der Waals surface area contributed by atoms with Crippen molar-refractivity contribution in [2.45, 2.75) is 50.7 Å². The summed E-state index contributed by atoms with van der Waals surface area (Å²) >= 11 is 0. The molecule has 2 aromatic carbocycles. The van der Waals surface area contributed by atoms with Gasteiger partial charge in [-0.05, 0) is 61.4 Å². The van der Waals surface area contributed by atoms with Crippen molar-refractivity contribution in [1.29, 1.82) is 0 Å². The van der Waals surface area contributed by atoms with Crippen LogP contribution in [0.25, 0.3) is 22.3 Å². The summed E-state index contributed by atoms with van der Waals surface area (Å²) in [5.41, 5.74) is 4.68. The van der Waals surface area contributed by atoms with Gasteiger partial charge in [0.25, 0.3) is 0 Å². The van der Waals surface area contributed by atoms with Crippen LogP contribution in [0, 0.1) is 11.7 Å². The summed E-state index contributed by atoms with van der Waals surface area (Å²) in [5.74, 6) is 0.374. The Hall–Kier alpha value is -3.55.